The molecule has 0 fully saturated rings. The van der Waals surface area contributed by atoms with E-state index in [2.05, 4.69) is 34.3 Å². The van der Waals surface area contributed by atoms with Crippen LogP contribution in [0.3, 0.4) is 0 Å². The van der Waals surface area contributed by atoms with Crippen LogP contribution in [0.5, 0.6) is 0 Å². The molecule has 0 atom stereocenters. The van der Waals surface area contributed by atoms with Crippen LogP contribution >= 0.6 is 11.8 Å². The Kier molecular flexibility index (Phi) is 3.98. The molecule has 1 N–H and O–H groups in total. The van der Waals surface area contributed by atoms with Crippen molar-refractivity contribution in [2.24, 2.45) is 0 Å². The summed E-state index contributed by atoms with van der Waals surface area (Å²) in [6.07, 6.45) is 0.845. The Morgan fingerprint density at radius 2 is 1.94 bits per heavy atom. The molecule has 0 radical (unpaired) electrons. The quantitative estimate of drug-likeness (QED) is 0.839. The molecule has 0 unspecified atom stereocenters. The fourth-order valence-electron chi connectivity index (χ4n) is 1.42. The van der Waals surface area contributed by atoms with Gasteiger partial charge in [0.2, 0.25) is 0 Å². The molecule has 17 heavy (non-hydrogen) atoms. The van der Waals surface area contributed by atoms with E-state index in [4.69, 9.17) is 0 Å². The zero-order chi connectivity index (χ0) is 12.1. The molecule has 0 bridgehead atoms. The molecular weight excluding hydrogens is 230 g/mol. The molecule has 2 rings (SSSR count). The van der Waals surface area contributed by atoms with Crippen molar-refractivity contribution in [1.82, 2.24) is 9.97 Å². The fourth-order valence-corrected chi connectivity index (χ4v) is 2.28. The lowest BCUT2D eigenvalue weighted by atomic mass is 10.4. The minimum Gasteiger partial charge on any atom is -0.373 e. The maximum Gasteiger partial charge on any atom is 0.131 e. The van der Waals surface area contributed by atoms with E-state index < -0.39 is 0 Å². The van der Waals surface area contributed by atoms with Crippen LogP contribution in [0.1, 0.15) is 12.7 Å². The van der Waals surface area contributed by atoms with Crippen LogP contribution in [0.2, 0.25) is 0 Å². The molecule has 0 spiro atoms. The lowest BCUT2D eigenvalue weighted by Gasteiger charge is -2.06. The van der Waals surface area contributed by atoms with Crippen LogP contribution in [0.15, 0.2) is 46.3 Å². The van der Waals surface area contributed by atoms with Gasteiger partial charge in [0.05, 0.1) is 0 Å². The Morgan fingerprint density at radius 3 is 2.59 bits per heavy atom. The molecule has 0 aliphatic rings. The van der Waals surface area contributed by atoms with E-state index in [1.165, 1.54) is 4.90 Å². The summed E-state index contributed by atoms with van der Waals surface area (Å²) in [5.41, 5.74) is 0. The van der Waals surface area contributed by atoms with Crippen molar-refractivity contribution < 1.29 is 0 Å². The Labute approximate surface area is 106 Å². The largest absolute Gasteiger partial charge is 0.373 e. The van der Waals surface area contributed by atoms with Gasteiger partial charge in [0.1, 0.15) is 16.7 Å². The number of aromatic nitrogens is 2. The van der Waals surface area contributed by atoms with Gasteiger partial charge in [0.15, 0.2) is 0 Å². The molecule has 1 aromatic heterocycles. The summed E-state index contributed by atoms with van der Waals surface area (Å²) in [7, 11) is 1.87. The molecule has 0 saturated carbocycles. The zero-order valence-electron chi connectivity index (χ0n) is 9.97. The summed E-state index contributed by atoms with van der Waals surface area (Å²) in [6, 6.07) is 12.2. The average Bonchev–Trinajstić information content (AvgIpc) is 2.39. The standard InChI is InChI=1S/C13H15N3S/c1-3-11-15-12(14-2)9-13(16-11)17-10-7-5-4-6-8-10/h4-9H,3H2,1-2H3,(H,14,15,16). The summed E-state index contributed by atoms with van der Waals surface area (Å²) in [5.74, 6) is 1.74. The number of hydrogen-bond acceptors (Lipinski definition) is 4. The van der Waals surface area contributed by atoms with E-state index in [1.54, 1.807) is 11.8 Å². The zero-order valence-corrected chi connectivity index (χ0v) is 10.8. The minimum atomic E-state index is 0.845. The highest BCUT2D eigenvalue weighted by Crippen LogP contribution is 2.27. The Hall–Kier alpha value is -1.55. The van der Waals surface area contributed by atoms with Crippen LogP contribution in [0.25, 0.3) is 0 Å². The Bertz CT molecular complexity index is 463. The van der Waals surface area contributed by atoms with Gasteiger partial charge in [-0.3, -0.25) is 0 Å². The highest BCUT2D eigenvalue weighted by Gasteiger charge is 2.04. The summed E-state index contributed by atoms with van der Waals surface area (Å²) in [6.45, 7) is 2.06. The number of benzene rings is 1. The summed E-state index contributed by atoms with van der Waals surface area (Å²) in [5, 5.41) is 4.04. The van der Waals surface area contributed by atoms with Gasteiger partial charge in [0.25, 0.3) is 0 Å². The number of rotatable bonds is 4. The molecule has 1 aromatic carbocycles. The predicted octanol–water partition coefficient (Wildman–Crippen LogP) is 3.23. The first-order valence-corrected chi connectivity index (χ1v) is 6.42. The van der Waals surface area contributed by atoms with E-state index in [-0.39, 0.29) is 0 Å². The van der Waals surface area contributed by atoms with Crippen LogP contribution in [-0.4, -0.2) is 17.0 Å². The fraction of sp³-hybridized carbons (Fsp3) is 0.231. The second-order valence-corrected chi connectivity index (χ2v) is 4.62. The van der Waals surface area contributed by atoms with Crippen molar-refractivity contribution in [3.8, 4) is 0 Å². The lowest BCUT2D eigenvalue weighted by molar-refractivity contribution is 0.891. The highest BCUT2D eigenvalue weighted by atomic mass is 32.2. The van der Waals surface area contributed by atoms with E-state index in [0.29, 0.717) is 0 Å². The normalized spacial score (nSPS) is 10.2. The van der Waals surface area contributed by atoms with E-state index in [0.717, 1.165) is 23.1 Å². The third kappa shape index (κ3) is 3.20. The van der Waals surface area contributed by atoms with Gasteiger partial charge in [-0.15, -0.1) is 0 Å². The summed E-state index contributed by atoms with van der Waals surface area (Å²) < 4.78 is 0. The number of anilines is 1. The van der Waals surface area contributed by atoms with Crippen LogP contribution in [-0.2, 0) is 6.42 Å². The molecule has 0 saturated heterocycles. The van der Waals surface area contributed by atoms with E-state index >= 15 is 0 Å². The van der Waals surface area contributed by atoms with Crippen molar-refractivity contribution in [3.05, 3.63) is 42.2 Å². The molecule has 88 valence electrons. The second kappa shape index (κ2) is 5.68. The molecule has 0 amide bonds. The van der Waals surface area contributed by atoms with Crippen LogP contribution in [0.4, 0.5) is 5.82 Å². The van der Waals surface area contributed by atoms with Gasteiger partial charge in [-0.1, -0.05) is 36.9 Å². The maximum atomic E-state index is 4.51. The van der Waals surface area contributed by atoms with Gasteiger partial charge in [-0.25, -0.2) is 9.97 Å². The summed E-state index contributed by atoms with van der Waals surface area (Å²) in [4.78, 5) is 10.1. The molecule has 3 nitrogen and oxygen atoms in total. The third-order valence-electron chi connectivity index (χ3n) is 2.29. The lowest BCUT2D eigenvalue weighted by Crippen LogP contribution is -2.00. The molecule has 4 heteroatoms. The summed E-state index contributed by atoms with van der Waals surface area (Å²) >= 11 is 1.66. The Morgan fingerprint density at radius 1 is 1.18 bits per heavy atom. The first-order valence-electron chi connectivity index (χ1n) is 5.60. The average molecular weight is 245 g/mol. The van der Waals surface area contributed by atoms with Crippen molar-refractivity contribution in [3.63, 3.8) is 0 Å². The van der Waals surface area contributed by atoms with Gasteiger partial charge in [-0.05, 0) is 12.1 Å². The molecule has 0 aliphatic carbocycles. The number of aryl methyl sites for hydroxylation is 1. The van der Waals surface area contributed by atoms with Crippen molar-refractivity contribution >= 4 is 17.6 Å². The van der Waals surface area contributed by atoms with Gasteiger partial charge in [0, 0.05) is 24.4 Å². The monoisotopic (exact) mass is 245 g/mol. The van der Waals surface area contributed by atoms with Gasteiger partial charge >= 0.3 is 0 Å². The maximum absolute atomic E-state index is 4.51. The smallest absolute Gasteiger partial charge is 0.131 e. The van der Waals surface area contributed by atoms with Crippen LogP contribution in [0, 0.1) is 0 Å². The topological polar surface area (TPSA) is 37.8 Å². The van der Waals surface area contributed by atoms with Gasteiger partial charge in [-0.2, -0.15) is 0 Å². The molecule has 1 heterocycles. The number of hydrogen-bond donors (Lipinski definition) is 1. The van der Waals surface area contributed by atoms with Crippen molar-refractivity contribution in [2.45, 2.75) is 23.3 Å². The highest BCUT2D eigenvalue weighted by molar-refractivity contribution is 7.99. The predicted molar refractivity (Wildman–Crippen MR) is 71.5 cm³/mol. The van der Waals surface area contributed by atoms with E-state index in [9.17, 15) is 0 Å². The third-order valence-corrected chi connectivity index (χ3v) is 3.21. The first kappa shape index (κ1) is 11.9. The molecule has 0 aliphatic heterocycles. The minimum absolute atomic E-state index is 0.845. The number of nitrogens with one attached hydrogen (secondary N) is 1. The second-order valence-electron chi connectivity index (χ2n) is 3.53. The molecular formula is C13H15N3S. The van der Waals surface area contributed by atoms with Crippen molar-refractivity contribution in [2.75, 3.05) is 12.4 Å². The SMILES string of the molecule is CCc1nc(NC)cc(Sc2ccccc2)n1. The Balaban J connectivity index is 2.26. The van der Waals surface area contributed by atoms with E-state index in [1.807, 2.05) is 31.3 Å². The number of nitrogens with zero attached hydrogens (tertiary/aromatic N) is 2. The first-order chi connectivity index (χ1) is 8.31. The van der Waals surface area contributed by atoms with Crippen LogP contribution < -0.4 is 5.32 Å². The molecule has 2 aromatic rings. The van der Waals surface area contributed by atoms with Crippen molar-refractivity contribution in [1.29, 1.82) is 0 Å². The van der Waals surface area contributed by atoms with Gasteiger partial charge < -0.3 is 5.32 Å².